The fraction of sp³-hybridized carbons (Fsp3) is 0.873. The monoisotopic (exact) mass is 987 g/mol. The molecular weight excluding hydrogens is 885 g/mol. The van der Waals surface area contributed by atoms with E-state index >= 15 is 0 Å². The van der Waals surface area contributed by atoms with E-state index in [1.54, 1.807) is 0 Å². The maximum absolute atomic E-state index is 12.9. The SMILES string of the molecule is CCCCC/C=C\C/C=C\CCCCCCCCCC(=O)OC(COCCCCCCCCCCCCCC/C=C\CCCCCCCCCC)COC1OC(CO)C(O)C(OS(=O)(=O)O)C1O. The average Bonchev–Trinajstić information content (AvgIpc) is 3.31. The molecule has 1 fully saturated rings. The molecule has 1 saturated heterocycles. The number of unbranched alkanes of at least 4 members (excludes halogenated alkanes) is 30. The van der Waals surface area contributed by atoms with E-state index in [2.05, 4.69) is 54.5 Å². The summed E-state index contributed by atoms with van der Waals surface area (Å²) in [5.41, 5.74) is 0. The van der Waals surface area contributed by atoms with Crippen molar-refractivity contribution >= 4 is 16.4 Å². The molecule has 4 N–H and O–H groups in total. The highest BCUT2D eigenvalue weighted by Crippen LogP contribution is 2.26. The van der Waals surface area contributed by atoms with Crippen LogP contribution in [-0.4, -0.2) is 97.5 Å². The zero-order valence-corrected chi connectivity index (χ0v) is 44.0. The Morgan fingerprint density at radius 3 is 1.44 bits per heavy atom. The number of carbonyl (C=O) groups excluding carboxylic acids is 1. The van der Waals surface area contributed by atoms with Gasteiger partial charge in [-0.15, -0.1) is 0 Å². The van der Waals surface area contributed by atoms with E-state index in [1.807, 2.05) is 0 Å². The Morgan fingerprint density at radius 1 is 0.559 bits per heavy atom. The molecule has 0 spiro atoms. The highest BCUT2D eigenvalue weighted by atomic mass is 32.3. The first-order valence-corrected chi connectivity index (χ1v) is 29.1. The zero-order chi connectivity index (χ0) is 49.6. The molecule has 0 aromatic heterocycles. The van der Waals surface area contributed by atoms with Crippen LogP contribution in [0, 0.1) is 0 Å². The van der Waals surface area contributed by atoms with Crippen LogP contribution in [0.2, 0.25) is 0 Å². The molecule has 1 heterocycles. The summed E-state index contributed by atoms with van der Waals surface area (Å²) in [5.74, 6) is -0.404. The Morgan fingerprint density at radius 2 is 0.971 bits per heavy atom. The Bertz CT molecular complexity index is 1320. The van der Waals surface area contributed by atoms with Gasteiger partial charge < -0.3 is 34.3 Å². The summed E-state index contributed by atoms with van der Waals surface area (Å²) in [6.45, 7) is 3.99. The van der Waals surface area contributed by atoms with Crippen molar-refractivity contribution in [2.24, 2.45) is 0 Å². The Kier molecular flexibility index (Phi) is 43.9. The number of hydrogen-bond donors (Lipinski definition) is 4. The molecule has 0 bridgehead atoms. The first kappa shape index (κ1) is 64.3. The van der Waals surface area contributed by atoms with Gasteiger partial charge in [0.2, 0.25) is 0 Å². The number of esters is 1. The van der Waals surface area contributed by atoms with E-state index in [0.717, 1.165) is 51.4 Å². The number of ether oxygens (including phenoxy) is 4. The fourth-order valence-corrected chi connectivity index (χ4v) is 9.03. The molecule has 6 unspecified atom stereocenters. The lowest BCUT2D eigenvalue weighted by Gasteiger charge is -2.41. The summed E-state index contributed by atoms with van der Waals surface area (Å²) >= 11 is 0. The van der Waals surface area contributed by atoms with Crippen LogP contribution >= 0.6 is 0 Å². The molecule has 1 aliphatic heterocycles. The lowest BCUT2D eigenvalue weighted by Crippen LogP contribution is -2.60. The van der Waals surface area contributed by atoms with Gasteiger partial charge in [0.05, 0.1) is 19.8 Å². The van der Waals surface area contributed by atoms with Crippen LogP contribution in [0.3, 0.4) is 0 Å². The van der Waals surface area contributed by atoms with E-state index < -0.39 is 59.8 Å². The number of carbonyl (C=O) groups is 1. The maximum Gasteiger partial charge on any atom is 0.397 e. The quantitative estimate of drug-likeness (QED) is 0.0197. The molecular formula is C55H102O12S. The number of rotatable bonds is 49. The van der Waals surface area contributed by atoms with Crippen molar-refractivity contribution in [2.75, 3.05) is 26.4 Å². The van der Waals surface area contributed by atoms with Gasteiger partial charge in [0.15, 0.2) is 6.29 Å². The summed E-state index contributed by atoms with van der Waals surface area (Å²) in [6, 6.07) is 0. The van der Waals surface area contributed by atoms with Gasteiger partial charge in [-0.2, -0.15) is 8.42 Å². The van der Waals surface area contributed by atoms with Gasteiger partial charge in [0.1, 0.15) is 30.5 Å². The molecule has 0 aromatic rings. The van der Waals surface area contributed by atoms with E-state index in [0.29, 0.717) is 13.0 Å². The first-order chi connectivity index (χ1) is 33.1. The average molecular weight is 987 g/mol. The number of aliphatic hydroxyl groups is 3. The van der Waals surface area contributed by atoms with Gasteiger partial charge in [-0.25, -0.2) is 4.18 Å². The molecule has 12 nitrogen and oxygen atoms in total. The molecule has 0 aromatic carbocycles. The zero-order valence-electron chi connectivity index (χ0n) is 43.2. The molecule has 0 aliphatic carbocycles. The normalized spacial score (nSPS) is 19.5. The van der Waals surface area contributed by atoms with E-state index in [1.165, 1.54) is 167 Å². The second kappa shape index (κ2) is 46.4. The highest BCUT2D eigenvalue weighted by Gasteiger charge is 2.48. The van der Waals surface area contributed by atoms with Crippen molar-refractivity contribution in [3.05, 3.63) is 36.5 Å². The molecule has 0 radical (unpaired) electrons. The number of allylic oxidation sites excluding steroid dienone is 6. The van der Waals surface area contributed by atoms with Crippen molar-refractivity contribution in [1.29, 1.82) is 0 Å². The molecule has 6 atom stereocenters. The summed E-state index contributed by atoms with van der Waals surface area (Å²) in [4.78, 5) is 12.9. The Labute approximate surface area is 415 Å². The van der Waals surface area contributed by atoms with Crippen LogP contribution in [0.5, 0.6) is 0 Å². The van der Waals surface area contributed by atoms with Crippen molar-refractivity contribution in [3.63, 3.8) is 0 Å². The van der Waals surface area contributed by atoms with Crippen LogP contribution in [-0.2, 0) is 38.3 Å². The van der Waals surface area contributed by atoms with Crippen molar-refractivity contribution < 1.29 is 56.2 Å². The maximum atomic E-state index is 12.9. The van der Waals surface area contributed by atoms with Crippen LogP contribution in [0.25, 0.3) is 0 Å². The standard InChI is InChI=1S/C55H102O12S/c1-3-5-7-9-11-13-15-17-19-21-22-23-24-25-26-27-29-31-33-35-37-39-41-43-45-63-47-49(48-64-55-53(59)54(67-68(60,61)62)52(58)50(46-56)66-55)65-51(57)44-42-40-38-36-34-32-30-28-20-18-16-14-12-10-8-6-4-2/h12,14,18,20-22,49-50,52-56,58-59H,3-11,13,15-17,19,23-48H2,1-2H3,(H,60,61,62)/b14-12-,20-18-,22-21-. The van der Waals surface area contributed by atoms with Crippen LogP contribution < -0.4 is 0 Å². The van der Waals surface area contributed by atoms with Crippen LogP contribution in [0.4, 0.5) is 0 Å². The van der Waals surface area contributed by atoms with Gasteiger partial charge in [-0.1, -0.05) is 204 Å². The Hall–Kier alpha value is -1.68. The minimum atomic E-state index is -5.07. The molecule has 13 heteroatoms. The topological polar surface area (TPSA) is 178 Å². The molecule has 0 saturated carbocycles. The van der Waals surface area contributed by atoms with Gasteiger partial charge in [-0.05, 0) is 70.6 Å². The van der Waals surface area contributed by atoms with Gasteiger partial charge in [0.25, 0.3) is 0 Å². The molecule has 400 valence electrons. The largest absolute Gasteiger partial charge is 0.457 e. The summed E-state index contributed by atoms with van der Waals surface area (Å²) in [7, 11) is -5.07. The lowest BCUT2D eigenvalue weighted by molar-refractivity contribution is -0.301. The Balaban J connectivity index is 2.30. The van der Waals surface area contributed by atoms with Gasteiger partial charge in [-0.3, -0.25) is 9.35 Å². The van der Waals surface area contributed by atoms with Crippen LogP contribution in [0.15, 0.2) is 36.5 Å². The second-order valence-corrected chi connectivity index (χ2v) is 20.2. The van der Waals surface area contributed by atoms with E-state index in [9.17, 15) is 33.1 Å². The van der Waals surface area contributed by atoms with Crippen LogP contribution in [0.1, 0.15) is 245 Å². The molecule has 1 rings (SSSR count). The van der Waals surface area contributed by atoms with Crippen molar-refractivity contribution in [2.45, 2.75) is 282 Å². The minimum Gasteiger partial charge on any atom is -0.457 e. The summed E-state index contributed by atoms with van der Waals surface area (Å²) < 4.78 is 59.3. The second-order valence-electron chi connectivity index (χ2n) is 19.2. The molecule has 68 heavy (non-hydrogen) atoms. The summed E-state index contributed by atoms with van der Waals surface area (Å²) in [5, 5.41) is 30.8. The first-order valence-electron chi connectivity index (χ1n) is 27.7. The van der Waals surface area contributed by atoms with E-state index in [-0.39, 0.29) is 19.6 Å². The third-order valence-electron chi connectivity index (χ3n) is 12.7. The van der Waals surface area contributed by atoms with E-state index in [4.69, 9.17) is 18.9 Å². The smallest absolute Gasteiger partial charge is 0.397 e. The third kappa shape index (κ3) is 39.0. The predicted molar refractivity (Wildman–Crippen MR) is 276 cm³/mol. The van der Waals surface area contributed by atoms with Gasteiger partial charge in [0, 0.05) is 13.0 Å². The van der Waals surface area contributed by atoms with Crippen molar-refractivity contribution in [1.82, 2.24) is 0 Å². The molecule has 0 amide bonds. The van der Waals surface area contributed by atoms with Crippen molar-refractivity contribution in [3.8, 4) is 0 Å². The number of hydrogen-bond acceptors (Lipinski definition) is 11. The highest BCUT2D eigenvalue weighted by molar-refractivity contribution is 7.80. The minimum absolute atomic E-state index is 0.0343. The fourth-order valence-electron chi connectivity index (χ4n) is 8.52. The lowest BCUT2D eigenvalue weighted by atomic mass is 9.99. The number of aliphatic hydroxyl groups excluding tert-OH is 3. The van der Waals surface area contributed by atoms with Gasteiger partial charge >= 0.3 is 16.4 Å². The predicted octanol–water partition coefficient (Wildman–Crippen LogP) is 13.3. The summed E-state index contributed by atoms with van der Waals surface area (Å²) in [6.07, 6.45) is 47.5. The third-order valence-corrected chi connectivity index (χ3v) is 13.2. The molecule has 1 aliphatic rings.